The highest BCUT2D eigenvalue weighted by molar-refractivity contribution is 9.10. The molecule has 0 aliphatic heterocycles. The van der Waals surface area contributed by atoms with E-state index in [0.717, 1.165) is 29.5 Å². The molecule has 0 bridgehead atoms. The minimum Gasteiger partial charge on any atom is -0.379 e. The molecule has 1 aromatic carbocycles. The maximum absolute atomic E-state index is 13.3. The molecule has 0 radical (unpaired) electrons. The Bertz CT molecular complexity index is 480. The van der Waals surface area contributed by atoms with Crippen molar-refractivity contribution in [3.8, 4) is 0 Å². The van der Waals surface area contributed by atoms with E-state index in [1.165, 1.54) is 12.1 Å². The van der Waals surface area contributed by atoms with Crippen LogP contribution >= 0.6 is 15.9 Å². The van der Waals surface area contributed by atoms with Crippen LogP contribution in [-0.4, -0.2) is 46.0 Å². The second-order valence-corrected chi connectivity index (χ2v) is 6.12. The second-order valence-electron chi connectivity index (χ2n) is 5.21. The number of hydrogen-bond donors (Lipinski definition) is 2. The molecule has 0 unspecified atom stereocenters. The summed E-state index contributed by atoms with van der Waals surface area (Å²) in [5.41, 5.74) is 0.838. The minimum absolute atomic E-state index is 0.265. The van der Waals surface area contributed by atoms with E-state index in [1.54, 1.807) is 7.05 Å². The Morgan fingerprint density at radius 2 is 1.88 bits per heavy atom. The standard InChI is InChI=1S/C17H27BrFN3O2/c1-3-4-6-23-8-9-24-7-5-21-17(20-2)22-13-14-10-15(18)12-16(19)11-14/h10-12H,3-9,13H2,1-2H3,(H2,20,21,22). The van der Waals surface area contributed by atoms with Gasteiger partial charge >= 0.3 is 0 Å². The average Bonchev–Trinajstić information content (AvgIpc) is 2.55. The molecule has 7 heteroatoms. The van der Waals surface area contributed by atoms with Crippen LogP contribution < -0.4 is 10.6 Å². The zero-order chi connectivity index (χ0) is 17.6. The Hall–Kier alpha value is -1.18. The van der Waals surface area contributed by atoms with Crippen LogP contribution in [0.25, 0.3) is 0 Å². The first-order chi connectivity index (χ1) is 11.7. The number of nitrogens with one attached hydrogen (secondary N) is 2. The molecule has 0 atom stereocenters. The molecule has 1 aromatic rings. The molecule has 0 fully saturated rings. The zero-order valence-electron chi connectivity index (χ0n) is 14.4. The molecule has 0 saturated carbocycles. The summed E-state index contributed by atoms with van der Waals surface area (Å²) < 4.78 is 24.9. The Labute approximate surface area is 152 Å². The van der Waals surface area contributed by atoms with Crippen molar-refractivity contribution >= 4 is 21.9 Å². The van der Waals surface area contributed by atoms with Crippen LogP contribution in [0.3, 0.4) is 0 Å². The number of halogens is 2. The van der Waals surface area contributed by atoms with Crippen LogP contribution in [0.2, 0.25) is 0 Å². The van der Waals surface area contributed by atoms with Gasteiger partial charge in [-0.15, -0.1) is 0 Å². The molecule has 0 saturated heterocycles. The molecule has 0 amide bonds. The van der Waals surface area contributed by atoms with Crippen molar-refractivity contribution in [2.45, 2.75) is 26.3 Å². The van der Waals surface area contributed by atoms with E-state index < -0.39 is 0 Å². The molecule has 0 aromatic heterocycles. The van der Waals surface area contributed by atoms with Gasteiger partial charge in [0.05, 0.1) is 19.8 Å². The van der Waals surface area contributed by atoms with Gasteiger partial charge in [-0.3, -0.25) is 4.99 Å². The third kappa shape index (κ3) is 9.85. The van der Waals surface area contributed by atoms with Crippen LogP contribution in [0.15, 0.2) is 27.7 Å². The van der Waals surface area contributed by atoms with Gasteiger partial charge in [0, 0.05) is 31.2 Å². The number of aliphatic imine (C=N–C) groups is 1. The molecule has 0 spiro atoms. The molecule has 0 heterocycles. The van der Waals surface area contributed by atoms with Gasteiger partial charge in [0.1, 0.15) is 5.82 Å². The summed E-state index contributed by atoms with van der Waals surface area (Å²) in [4.78, 5) is 4.12. The van der Waals surface area contributed by atoms with Crippen LogP contribution in [0.4, 0.5) is 4.39 Å². The van der Waals surface area contributed by atoms with Crippen molar-refractivity contribution in [3.05, 3.63) is 34.1 Å². The number of benzene rings is 1. The van der Waals surface area contributed by atoms with E-state index >= 15 is 0 Å². The fourth-order valence-corrected chi connectivity index (χ4v) is 2.44. The Balaban J connectivity index is 2.12. The first kappa shape index (κ1) is 20.9. The predicted octanol–water partition coefficient (Wildman–Crippen LogP) is 3.09. The third-order valence-electron chi connectivity index (χ3n) is 3.16. The van der Waals surface area contributed by atoms with Gasteiger partial charge in [0.2, 0.25) is 0 Å². The van der Waals surface area contributed by atoms with Crippen molar-refractivity contribution in [1.29, 1.82) is 0 Å². The minimum atomic E-state index is -0.265. The molecule has 2 N–H and O–H groups in total. The SMILES string of the molecule is CCCCOCCOCCNC(=NC)NCc1cc(F)cc(Br)c1. The smallest absolute Gasteiger partial charge is 0.191 e. The van der Waals surface area contributed by atoms with Gasteiger partial charge in [0.25, 0.3) is 0 Å². The molecule has 5 nitrogen and oxygen atoms in total. The summed E-state index contributed by atoms with van der Waals surface area (Å²) in [6.45, 7) is 5.85. The van der Waals surface area contributed by atoms with Crippen LogP contribution in [0, 0.1) is 5.82 Å². The van der Waals surface area contributed by atoms with Crippen molar-refractivity contribution in [3.63, 3.8) is 0 Å². The largest absolute Gasteiger partial charge is 0.379 e. The van der Waals surface area contributed by atoms with Gasteiger partial charge in [-0.25, -0.2) is 4.39 Å². The summed E-state index contributed by atoms with van der Waals surface area (Å²) in [7, 11) is 1.69. The van der Waals surface area contributed by atoms with Crippen molar-refractivity contribution in [2.24, 2.45) is 4.99 Å². The molecule has 136 valence electrons. The first-order valence-electron chi connectivity index (χ1n) is 8.20. The lowest BCUT2D eigenvalue weighted by Crippen LogP contribution is -2.38. The second kappa shape index (κ2) is 13.1. The molecule has 1 rings (SSSR count). The summed E-state index contributed by atoms with van der Waals surface area (Å²) in [6, 6.07) is 4.79. The van der Waals surface area contributed by atoms with Crippen LogP contribution in [-0.2, 0) is 16.0 Å². The fourth-order valence-electron chi connectivity index (χ4n) is 1.93. The zero-order valence-corrected chi connectivity index (χ0v) is 16.0. The normalized spacial score (nSPS) is 11.6. The maximum Gasteiger partial charge on any atom is 0.191 e. The maximum atomic E-state index is 13.3. The number of ether oxygens (including phenoxy) is 2. The number of rotatable bonds is 11. The third-order valence-corrected chi connectivity index (χ3v) is 3.62. The van der Waals surface area contributed by atoms with E-state index in [4.69, 9.17) is 9.47 Å². The Morgan fingerprint density at radius 3 is 2.54 bits per heavy atom. The molecule has 24 heavy (non-hydrogen) atoms. The van der Waals surface area contributed by atoms with Crippen LogP contribution in [0.1, 0.15) is 25.3 Å². The van der Waals surface area contributed by atoms with E-state index in [1.807, 2.05) is 6.07 Å². The van der Waals surface area contributed by atoms with E-state index in [9.17, 15) is 4.39 Å². The highest BCUT2D eigenvalue weighted by Gasteiger charge is 2.01. The lowest BCUT2D eigenvalue weighted by molar-refractivity contribution is 0.0487. The predicted molar refractivity (Wildman–Crippen MR) is 98.8 cm³/mol. The topological polar surface area (TPSA) is 54.9 Å². The molecule has 0 aliphatic rings. The van der Waals surface area contributed by atoms with Crippen molar-refractivity contribution in [2.75, 3.05) is 40.0 Å². The summed E-state index contributed by atoms with van der Waals surface area (Å²) in [5.74, 6) is 0.386. The monoisotopic (exact) mass is 403 g/mol. The van der Waals surface area contributed by atoms with E-state index in [2.05, 4.69) is 38.5 Å². The number of unbranched alkanes of at least 4 members (excludes halogenated alkanes) is 1. The summed E-state index contributed by atoms with van der Waals surface area (Å²) in [6.07, 6.45) is 2.23. The Morgan fingerprint density at radius 1 is 1.12 bits per heavy atom. The lowest BCUT2D eigenvalue weighted by atomic mass is 10.2. The van der Waals surface area contributed by atoms with E-state index in [0.29, 0.717) is 38.9 Å². The lowest BCUT2D eigenvalue weighted by Gasteiger charge is -2.12. The highest BCUT2D eigenvalue weighted by Crippen LogP contribution is 2.14. The summed E-state index contributed by atoms with van der Waals surface area (Å²) in [5, 5.41) is 6.28. The van der Waals surface area contributed by atoms with Gasteiger partial charge in [-0.05, 0) is 30.2 Å². The van der Waals surface area contributed by atoms with Crippen molar-refractivity contribution < 1.29 is 13.9 Å². The van der Waals surface area contributed by atoms with E-state index in [-0.39, 0.29) is 5.82 Å². The van der Waals surface area contributed by atoms with Gasteiger partial charge < -0.3 is 20.1 Å². The fraction of sp³-hybridized carbons (Fsp3) is 0.588. The van der Waals surface area contributed by atoms with Gasteiger partial charge in [0.15, 0.2) is 5.96 Å². The summed E-state index contributed by atoms with van der Waals surface area (Å²) >= 11 is 3.28. The van der Waals surface area contributed by atoms with Crippen molar-refractivity contribution in [1.82, 2.24) is 10.6 Å². The molecule has 0 aliphatic carbocycles. The molecular weight excluding hydrogens is 377 g/mol. The quantitative estimate of drug-likeness (QED) is 0.338. The number of guanidine groups is 1. The average molecular weight is 404 g/mol. The highest BCUT2D eigenvalue weighted by atomic mass is 79.9. The van der Waals surface area contributed by atoms with Crippen LogP contribution in [0.5, 0.6) is 0 Å². The van der Waals surface area contributed by atoms with Gasteiger partial charge in [-0.2, -0.15) is 0 Å². The first-order valence-corrected chi connectivity index (χ1v) is 9.00. The Kier molecular flexibility index (Phi) is 11.4. The van der Waals surface area contributed by atoms with Gasteiger partial charge in [-0.1, -0.05) is 29.3 Å². The number of nitrogens with zero attached hydrogens (tertiary/aromatic N) is 1. The number of hydrogen-bond acceptors (Lipinski definition) is 3. The molecular formula is C17H27BrFN3O2.